The van der Waals surface area contributed by atoms with Crippen LogP contribution >= 0.6 is 11.6 Å². The van der Waals surface area contributed by atoms with Crippen molar-refractivity contribution in [3.63, 3.8) is 0 Å². The van der Waals surface area contributed by atoms with Gasteiger partial charge in [-0.3, -0.25) is 0 Å². The fraction of sp³-hybridized carbons (Fsp3) is 0.391. The first-order valence-corrected chi connectivity index (χ1v) is 12.5. The largest absolute Gasteiger partial charge is 0.492 e. The Bertz CT molecular complexity index is 1560. The number of aromatic amines is 1. The van der Waals surface area contributed by atoms with Crippen LogP contribution in [0.15, 0.2) is 38.4 Å². The van der Waals surface area contributed by atoms with Gasteiger partial charge in [0.25, 0.3) is 0 Å². The number of benzene rings is 2. The number of aliphatic hydroxyl groups is 1. The molecule has 0 aliphatic carbocycles. The lowest BCUT2D eigenvalue weighted by atomic mass is 9.88. The van der Waals surface area contributed by atoms with E-state index in [4.69, 9.17) is 24.9 Å². The Morgan fingerprint density at radius 3 is 2.74 bits per heavy atom. The minimum atomic E-state index is -4.61. The summed E-state index contributed by atoms with van der Waals surface area (Å²) in [4.78, 5) is 11.2. The molecular weight excluding hydrogens is 501 g/mol. The molecule has 1 aromatic heterocycles. The van der Waals surface area contributed by atoms with E-state index in [0.717, 1.165) is 17.7 Å². The van der Waals surface area contributed by atoms with Gasteiger partial charge in [0.15, 0.2) is 0 Å². The molecular formula is C23H25ClFN3O6S. The van der Waals surface area contributed by atoms with Gasteiger partial charge in [-0.05, 0) is 55.6 Å². The fourth-order valence-corrected chi connectivity index (χ4v) is 5.93. The maximum atomic E-state index is 15.0. The molecule has 0 bridgehead atoms. The number of hydrogen-bond acceptors (Lipinski definition) is 7. The predicted octanol–water partition coefficient (Wildman–Crippen LogP) is 3.59. The second kappa shape index (κ2) is 9.05. The van der Waals surface area contributed by atoms with Crippen LogP contribution in [0.1, 0.15) is 64.4 Å². The maximum Gasteiger partial charge on any atom is 0.434 e. The molecule has 3 atom stereocenters. The molecule has 0 fully saturated rings. The quantitative estimate of drug-likeness (QED) is 0.445. The lowest BCUT2D eigenvalue weighted by molar-refractivity contribution is 0.0135. The molecule has 0 saturated heterocycles. The molecule has 4 rings (SSSR count). The van der Waals surface area contributed by atoms with Crippen LogP contribution in [-0.2, 0) is 15.6 Å². The van der Waals surface area contributed by atoms with Crippen molar-refractivity contribution in [2.24, 2.45) is 0 Å². The van der Waals surface area contributed by atoms with E-state index in [9.17, 15) is 22.7 Å². The summed E-state index contributed by atoms with van der Waals surface area (Å²) in [5.74, 6) is -3.26. The number of halogens is 2. The molecule has 0 spiro atoms. The van der Waals surface area contributed by atoms with Crippen molar-refractivity contribution in [1.29, 1.82) is 0 Å². The number of hydrogen-bond donors (Lipinski definition) is 3. The van der Waals surface area contributed by atoms with Crippen LogP contribution in [0.3, 0.4) is 0 Å². The number of nitrogens with one attached hydrogen (secondary N) is 2. The molecule has 3 aromatic rings. The van der Waals surface area contributed by atoms with Crippen LogP contribution in [0.5, 0.6) is 5.75 Å². The topological polar surface area (TPSA) is 135 Å². The van der Waals surface area contributed by atoms with Crippen molar-refractivity contribution in [1.82, 2.24) is 14.9 Å². The molecule has 1 aliphatic heterocycles. The van der Waals surface area contributed by atoms with Gasteiger partial charge in [0.05, 0.1) is 17.2 Å². The van der Waals surface area contributed by atoms with E-state index in [1.54, 1.807) is 19.9 Å². The summed E-state index contributed by atoms with van der Waals surface area (Å²) >= 11 is 6.23. The van der Waals surface area contributed by atoms with Gasteiger partial charge < -0.3 is 14.3 Å². The first kappa shape index (κ1) is 21.5. The summed E-state index contributed by atoms with van der Waals surface area (Å²) < 4.78 is 78.9. The molecule has 3 N–H and O–H groups in total. The molecule has 0 unspecified atom stereocenters. The third-order valence-electron chi connectivity index (χ3n) is 6.17. The molecule has 188 valence electrons. The first-order valence-electron chi connectivity index (χ1n) is 12.1. The third kappa shape index (κ3) is 4.61. The number of rotatable bonds is 6. The second-order valence-corrected chi connectivity index (χ2v) is 10.5. The number of ether oxygens (including phenoxy) is 1. The highest BCUT2D eigenvalue weighted by atomic mass is 35.5. The van der Waals surface area contributed by atoms with Crippen LogP contribution in [-0.4, -0.2) is 30.3 Å². The molecule has 0 amide bonds. The summed E-state index contributed by atoms with van der Waals surface area (Å²) in [5.41, 5.74) is -1.36. The zero-order valence-electron chi connectivity index (χ0n) is 22.0. The van der Waals surface area contributed by atoms with Gasteiger partial charge in [0.2, 0.25) is 15.9 Å². The maximum absolute atomic E-state index is 15.0. The summed E-state index contributed by atoms with van der Waals surface area (Å²) in [6, 6.07) is 3.68. The summed E-state index contributed by atoms with van der Waals surface area (Å²) in [6.07, 6.45) is -0.350. The number of aryl methyl sites for hydroxylation is 1. The molecule has 0 radical (unpaired) electrons. The minimum Gasteiger partial charge on any atom is -0.492 e. The van der Waals surface area contributed by atoms with Crippen molar-refractivity contribution in [3.05, 3.63) is 73.8 Å². The van der Waals surface area contributed by atoms with E-state index in [1.165, 1.54) is 13.0 Å². The van der Waals surface area contributed by atoms with E-state index < -0.39 is 56.7 Å². The molecule has 9 nitrogen and oxygen atoms in total. The van der Waals surface area contributed by atoms with Crippen molar-refractivity contribution in [3.8, 4) is 5.75 Å². The SMILES string of the molecule is [2H]C([2H])([2H])[C@@]1(O)CCOc2c(S(=O)(=O)N[C@H](c3n[nH]c(=O)o3)[C@H](C)c3c(F)ccc(C)c3C)ccc(Cl)c21. The van der Waals surface area contributed by atoms with Gasteiger partial charge in [-0.25, -0.2) is 22.7 Å². The van der Waals surface area contributed by atoms with Crippen LogP contribution in [0.4, 0.5) is 4.39 Å². The summed E-state index contributed by atoms with van der Waals surface area (Å²) in [5, 5.41) is 16.7. The normalized spacial score (nSPS) is 21.3. The highest BCUT2D eigenvalue weighted by Crippen LogP contribution is 2.45. The van der Waals surface area contributed by atoms with Crippen LogP contribution in [0.25, 0.3) is 0 Å². The number of aromatic nitrogens is 2. The average molecular weight is 529 g/mol. The van der Waals surface area contributed by atoms with E-state index in [1.807, 2.05) is 0 Å². The van der Waals surface area contributed by atoms with E-state index in [0.29, 0.717) is 5.56 Å². The van der Waals surface area contributed by atoms with Crippen molar-refractivity contribution in [2.45, 2.75) is 56.5 Å². The molecule has 12 heteroatoms. The number of fused-ring (bicyclic) bond motifs is 1. The van der Waals surface area contributed by atoms with Gasteiger partial charge >= 0.3 is 5.76 Å². The molecule has 2 aromatic carbocycles. The highest BCUT2D eigenvalue weighted by Gasteiger charge is 2.39. The Balaban J connectivity index is 1.86. The zero-order chi connectivity index (χ0) is 28.2. The number of nitrogens with zero attached hydrogens (tertiary/aromatic N) is 1. The zero-order valence-corrected chi connectivity index (χ0v) is 20.6. The Morgan fingerprint density at radius 2 is 2.09 bits per heavy atom. The van der Waals surface area contributed by atoms with Gasteiger partial charge in [-0.15, -0.1) is 5.10 Å². The lowest BCUT2D eigenvalue weighted by Crippen LogP contribution is -2.35. The van der Waals surface area contributed by atoms with Crippen LogP contribution in [0, 0.1) is 19.7 Å². The summed E-state index contributed by atoms with van der Waals surface area (Å²) in [7, 11) is -4.61. The molecule has 0 saturated carbocycles. The Kier molecular flexibility index (Phi) is 5.57. The Hall–Kier alpha value is -2.73. The smallest absolute Gasteiger partial charge is 0.434 e. The lowest BCUT2D eigenvalue weighted by Gasteiger charge is -2.33. The Labute approximate surface area is 210 Å². The fourth-order valence-electron chi connectivity index (χ4n) is 4.21. The first-order chi connectivity index (χ1) is 17.6. The van der Waals surface area contributed by atoms with Gasteiger partial charge in [0.1, 0.15) is 22.5 Å². The standard InChI is InChI=1S/C23H25ClFN3O6S/c1-11-5-7-15(25)17(12(11)2)13(3)19(21-26-27-22(29)34-21)28-35(31,32)16-8-6-14(24)18-20(16)33-10-9-23(18,4)30/h5-8,13,19,28,30H,9-10H2,1-4H3,(H,27,29)/t13-,19+,23-/m1/s1/i4D3. The number of sulfonamides is 1. The molecule has 1 aliphatic rings. The van der Waals surface area contributed by atoms with E-state index in [2.05, 4.69) is 14.9 Å². The Morgan fingerprint density at radius 1 is 1.34 bits per heavy atom. The van der Waals surface area contributed by atoms with E-state index >= 15 is 0 Å². The van der Waals surface area contributed by atoms with Gasteiger partial charge in [-0.2, -0.15) is 4.72 Å². The predicted molar refractivity (Wildman–Crippen MR) is 126 cm³/mol. The average Bonchev–Trinajstić information content (AvgIpc) is 3.25. The van der Waals surface area contributed by atoms with Crippen LogP contribution in [0.2, 0.25) is 5.02 Å². The third-order valence-corrected chi connectivity index (χ3v) is 7.95. The van der Waals surface area contributed by atoms with Crippen LogP contribution < -0.4 is 15.2 Å². The van der Waals surface area contributed by atoms with Gasteiger partial charge in [-0.1, -0.05) is 24.6 Å². The highest BCUT2D eigenvalue weighted by molar-refractivity contribution is 7.89. The molecule has 35 heavy (non-hydrogen) atoms. The summed E-state index contributed by atoms with van der Waals surface area (Å²) in [6.45, 7) is 1.74. The second-order valence-electron chi connectivity index (χ2n) is 8.45. The monoisotopic (exact) mass is 528 g/mol. The van der Waals surface area contributed by atoms with E-state index in [-0.39, 0.29) is 35.1 Å². The van der Waals surface area contributed by atoms with Gasteiger partial charge in [0, 0.05) is 22.0 Å². The van der Waals surface area contributed by atoms with Crippen molar-refractivity contribution >= 4 is 21.6 Å². The van der Waals surface area contributed by atoms with Crippen molar-refractivity contribution in [2.75, 3.05) is 6.61 Å². The minimum absolute atomic E-state index is 0.175. The molecule has 2 heterocycles. The number of H-pyrrole nitrogens is 1. The van der Waals surface area contributed by atoms with Crippen molar-refractivity contribution < 1.29 is 31.2 Å².